The lowest BCUT2D eigenvalue weighted by molar-refractivity contribution is 0.352. The summed E-state index contributed by atoms with van der Waals surface area (Å²) in [4.78, 5) is 0. The maximum absolute atomic E-state index is 3.71. The number of hydrogen-bond donors (Lipinski definition) is 1. The second-order valence-electron chi connectivity index (χ2n) is 5.16. The first-order chi connectivity index (χ1) is 8.67. The second-order valence-corrected chi connectivity index (χ2v) is 6.07. The Morgan fingerprint density at radius 3 is 2.33 bits per heavy atom. The maximum atomic E-state index is 3.71. The first-order valence-corrected chi connectivity index (χ1v) is 7.94. The van der Waals surface area contributed by atoms with Crippen LogP contribution in [-0.4, -0.2) is 12.6 Å². The predicted molar refractivity (Wildman–Crippen MR) is 84.0 cm³/mol. The summed E-state index contributed by atoms with van der Waals surface area (Å²) in [6.07, 6.45) is 4.91. The van der Waals surface area contributed by atoms with Crippen molar-refractivity contribution in [1.29, 1.82) is 0 Å². The van der Waals surface area contributed by atoms with Crippen LogP contribution in [0.5, 0.6) is 0 Å². The standard InChI is InChI=1S/C16H26BrN/c1-4-6-13(3)16(18-11-5-2)12-14-7-9-15(17)10-8-14/h7-10,13,16,18H,4-6,11-12H2,1-3H3. The highest BCUT2D eigenvalue weighted by Gasteiger charge is 2.16. The van der Waals surface area contributed by atoms with E-state index in [0.717, 1.165) is 23.4 Å². The normalized spacial score (nSPS) is 14.4. The van der Waals surface area contributed by atoms with Crippen molar-refractivity contribution < 1.29 is 0 Å². The van der Waals surface area contributed by atoms with Crippen LogP contribution in [-0.2, 0) is 6.42 Å². The smallest absolute Gasteiger partial charge is 0.0175 e. The Morgan fingerprint density at radius 2 is 1.78 bits per heavy atom. The average molecular weight is 312 g/mol. The minimum absolute atomic E-state index is 0.603. The minimum Gasteiger partial charge on any atom is -0.313 e. The summed E-state index contributed by atoms with van der Waals surface area (Å²) in [6, 6.07) is 9.33. The van der Waals surface area contributed by atoms with Gasteiger partial charge in [0.25, 0.3) is 0 Å². The van der Waals surface area contributed by atoms with Crippen LogP contribution < -0.4 is 5.32 Å². The molecule has 0 heterocycles. The molecule has 0 fully saturated rings. The molecule has 2 unspecified atom stereocenters. The van der Waals surface area contributed by atoms with Crippen LogP contribution in [0, 0.1) is 5.92 Å². The van der Waals surface area contributed by atoms with E-state index in [1.165, 1.54) is 24.8 Å². The van der Waals surface area contributed by atoms with E-state index in [2.05, 4.69) is 66.3 Å². The Balaban J connectivity index is 2.61. The lowest BCUT2D eigenvalue weighted by Gasteiger charge is -2.25. The van der Waals surface area contributed by atoms with Crippen LogP contribution in [0.1, 0.15) is 45.6 Å². The van der Waals surface area contributed by atoms with E-state index in [9.17, 15) is 0 Å². The van der Waals surface area contributed by atoms with Gasteiger partial charge in [-0.25, -0.2) is 0 Å². The van der Waals surface area contributed by atoms with Gasteiger partial charge >= 0.3 is 0 Å². The molecule has 18 heavy (non-hydrogen) atoms. The molecule has 0 saturated heterocycles. The van der Waals surface area contributed by atoms with E-state index in [-0.39, 0.29) is 0 Å². The highest BCUT2D eigenvalue weighted by atomic mass is 79.9. The number of rotatable bonds is 8. The van der Waals surface area contributed by atoms with E-state index in [1.54, 1.807) is 0 Å². The molecular weight excluding hydrogens is 286 g/mol. The number of nitrogens with one attached hydrogen (secondary N) is 1. The molecule has 1 rings (SSSR count). The molecule has 0 aromatic heterocycles. The molecular formula is C16H26BrN. The van der Waals surface area contributed by atoms with Gasteiger partial charge in [0.1, 0.15) is 0 Å². The van der Waals surface area contributed by atoms with Gasteiger partial charge in [-0.15, -0.1) is 0 Å². The van der Waals surface area contributed by atoms with E-state index in [4.69, 9.17) is 0 Å². The first kappa shape index (κ1) is 15.7. The van der Waals surface area contributed by atoms with Gasteiger partial charge < -0.3 is 5.32 Å². The summed E-state index contributed by atoms with van der Waals surface area (Å²) in [7, 11) is 0. The molecule has 0 radical (unpaired) electrons. The van der Waals surface area contributed by atoms with Crippen LogP contribution in [0.2, 0.25) is 0 Å². The third-order valence-corrected chi connectivity index (χ3v) is 3.98. The molecule has 0 aliphatic carbocycles. The van der Waals surface area contributed by atoms with Crippen LogP contribution in [0.3, 0.4) is 0 Å². The van der Waals surface area contributed by atoms with Gasteiger partial charge in [-0.1, -0.05) is 55.3 Å². The fourth-order valence-electron chi connectivity index (χ4n) is 2.34. The monoisotopic (exact) mass is 311 g/mol. The molecule has 0 saturated carbocycles. The van der Waals surface area contributed by atoms with Crippen molar-refractivity contribution in [2.24, 2.45) is 5.92 Å². The molecule has 102 valence electrons. The maximum Gasteiger partial charge on any atom is 0.0175 e. The molecule has 2 atom stereocenters. The number of halogens is 1. The Morgan fingerprint density at radius 1 is 1.11 bits per heavy atom. The lowest BCUT2D eigenvalue weighted by Crippen LogP contribution is -2.37. The number of benzene rings is 1. The molecule has 1 aromatic rings. The van der Waals surface area contributed by atoms with Crippen molar-refractivity contribution >= 4 is 15.9 Å². The quantitative estimate of drug-likeness (QED) is 0.727. The average Bonchev–Trinajstić information content (AvgIpc) is 2.37. The predicted octanol–water partition coefficient (Wildman–Crippen LogP) is 4.80. The van der Waals surface area contributed by atoms with Gasteiger partial charge in [-0.2, -0.15) is 0 Å². The summed E-state index contributed by atoms with van der Waals surface area (Å²) in [6.45, 7) is 7.99. The highest BCUT2D eigenvalue weighted by molar-refractivity contribution is 9.10. The zero-order valence-corrected chi connectivity index (χ0v) is 13.5. The van der Waals surface area contributed by atoms with E-state index in [0.29, 0.717) is 6.04 Å². The van der Waals surface area contributed by atoms with Gasteiger partial charge in [0.15, 0.2) is 0 Å². The van der Waals surface area contributed by atoms with Crippen molar-refractivity contribution in [3.8, 4) is 0 Å². The zero-order valence-electron chi connectivity index (χ0n) is 11.9. The van der Waals surface area contributed by atoms with Crippen molar-refractivity contribution in [2.75, 3.05) is 6.54 Å². The zero-order chi connectivity index (χ0) is 13.4. The van der Waals surface area contributed by atoms with Crippen LogP contribution in [0.4, 0.5) is 0 Å². The lowest BCUT2D eigenvalue weighted by atomic mass is 9.91. The van der Waals surface area contributed by atoms with Gasteiger partial charge in [-0.05, 0) is 49.4 Å². The Bertz CT molecular complexity index is 320. The summed E-state index contributed by atoms with van der Waals surface area (Å²) < 4.78 is 1.16. The summed E-state index contributed by atoms with van der Waals surface area (Å²) in [5, 5.41) is 3.71. The molecule has 1 aromatic carbocycles. The van der Waals surface area contributed by atoms with Crippen molar-refractivity contribution in [1.82, 2.24) is 5.32 Å². The Labute approximate surface area is 120 Å². The highest BCUT2D eigenvalue weighted by Crippen LogP contribution is 2.17. The molecule has 0 aliphatic rings. The third-order valence-electron chi connectivity index (χ3n) is 3.46. The fourth-order valence-corrected chi connectivity index (χ4v) is 2.60. The molecule has 1 N–H and O–H groups in total. The van der Waals surface area contributed by atoms with Gasteiger partial charge in [-0.3, -0.25) is 0 Å². The molecule has 0 amide bonds. The number of hydrogen-bond acceptors (Lipinski definition) is 1. The van der Waals surface area contributed by atoms with E-state index >= 15 is 0 Å². The topological polar surface area (TPSA) is 12.0 Å². The van der Waals surface area contributed by atoms with E-state index < -0.39 is 0 Å². The second kappa shape index (κ2) is 8.71. The van der Waals surface area contributed by atoms with Gasteiger partial charge in [0.05, 0.1) is 0 Å². The van der Waals surface area contributed by atoms with Crippen molar-refractivity contribution in [3.63, 3.8) is 0 Å². The van der Waals surface area contributed by atoms with E-state index in [1.807, 2.05) is 0 Å². The van der Waals surface area contributed by atoms with Crippen LogP contribution in [0.15, 0.2) is 28.7 Å². The fraction of sp³-hybridized carbons (Fsp3) is 0.625. The molecule has 2 heteroatoms. The van der Waals surface area contributed by atoms with Crippen LogP contribution in [0.25, 0.3) is 0 Å². The molecule has 1 nitrogen and oxygen atoms in total. The van der Waals surface area contributed by atoms with Gasteiger partial charge in [0.2, 0.25) is 0 Å². The Hall–Kier alpha value is -0.340. The molecule has 0 spiro atoms. The van der Waals surface area contributed by atoms with Crippen LogP contribution >= 0.6 is 15.9 Å². The summed E-state index contributed by atoms with van der Waals surface area (Å²) in [5.41, 5.74) is 1.43. The Kier molecular flexibility index (Phi) is 7.60. The molecule has 0 aliphatic heterocycles. The van der Waals surface area contributed by atoms with Crippen molar-refractivity contribution in [3.05, 3.63) is 34.3 Å². The van der Waals surface area contributed by atoms with Crippen molar-refractivity contribution in [2.45, 2.75) is 52.5 Å². The summed E-state index contributed by atoms with van der Waals surface area (Å²) in [5.74, 6) is 0.741. The minimum atomic E-state index is 0.603. The third kappa shape index (κ3) is 5.53. The summed E-state index contributed by atoms with van der Waals surface area (Å²) >= 11 is 3.49. The SMILES string of the molecule is CCCNC(Cc1ccc(Br)cc1)C(C)CCC. The van der Waals surface area contributed by atoms with Gasteiger partial charge in [0, 0.05) is 10.5 Å². The first-order valence-electron chi connectivity index (χ1n) is 7.15. The molecule has 0 bridgehead atoms. The largest absolute Gasteiger partial charge is 0.313 e.